The van der Waals surface area contributed by atoms with Crippen molar-refractivity contribution in [1.29, 1.82) is 0 Å². The predicted molar refractivity (Wildman–Crippen MR) is 135 cm³/mol. The molecule has 1 aliphatic rings. The first kappa shape index (κ1) is 28.5. The average Bonchev–Trinajstić information content (AvgIpc) is 3.16. The van der Waals surface area contributed by atoms with Crippen LogP contribution in [0.15, 0.2) is 41.3 Å². The molecule has 2 N–H and O–H groups in total. The van der Waals surface area contributed by atoms with Crippen molar-refractivity contribution in [3.63, 3.8) is 0 Å². The van der Waals surface area contributed by atoms with Gasteiger partial charge < -0.3 is 29.4 Å². The van der Waals surface area contributed by atoms with Gasteiger partial charge in [-0.1, -0.05) is 15.9 Å². The molecule has 0 aliphatic carbocycles. The standard InChI is InChI=1S/C24H24BrN3O10/c1-12(29)36-11-17-19(25)20(37-13(2)30)23(38-17)28-10-15(6-9-18(31)32)21(27-24(28)34)26-22(33)14-4-7-16(35-3)8-5-14/h4-10,17,19-20,23H,11H2,1-3H3,(H,31,32)(H,26,27,33,34)/b9-6+/t17-,19+,20-,23-/m1/s1. The third-order valence-electron chi connectivity index (χ3n) is 5.26. The van der Waals surface area contributed by atoms with Crippen molar-refractivity contribution in [2.24, 2.45) is 0 Å². The number of carbonyl (C=O) groups excluding carboxylic acids is 3. The molecule has 2 aromatic rings. The highest BCUT2D eigenvalue weighted by Crippen LogP contribution is 2.36. The number of nitrogens with zero attached hydrogens (tertiary/aromatic N) is 2. The molecular weight excluding hydrogens is 570 g/mol. The van der Waals surface area contributed by atoms with E-state index in [1.54, 1.807) is 12.1 Å². The Kier molecular flexibility index (Phi) is 9.36. The molecule has 0 unspecified atom stereocenters. The maximum absolute atomic E-state index is 13.1. The second-order valence-electron chi connectivity index (χ2n) is 7.98. The number of hydrogen-bond donors (Lipinski definition) is 2. The Balaban J connectivity index is 2.00. The summed E-state index contributed by atoms with van der Waals surface area (Å²) in [5.41, 5.74) is -0.611. The van der Waals surface area contributed by atoms with E-state index in [0.29, 0.717) is 5.75 Å². The molecule has 2 heterocycles. The number of amides is 1. The van der Waals surface area contributed by atoms with E-state index in [2.05, 4.69) is 26.2 Å². The van der Waals surface area contributed by atoms with Crippen molar-refractivity contribution < 1.29 is 43.2 Å². The first-order chi connectivity index (χ1) is 18.0. The third-order valence-corrected chi connectivity index (χ3v) is 6.37. The number of rotatable bonds is 9. The van der Waals surface area contributed by atoms with E-state index < -0.39 is 52.8 Å². The van der Waals surface area contributed by atoms with E-state index in [1.807, 2.05) is 0 Å². The quantitative estimate of drug-likeness (QED) is 0.246. The van der Waals surface area contributed by atoms with Crippen LogP contribution in [0, 0.1) is 0 Å². The summed E-state index contributed by atoms with van der Waals surface area (Å²) in [5.74, 6) is -2.79. The number of benzene rings is 1. The molecule has 0 radical (unpaired) electrons. The van der Waals surface area contributed by atoms with Crippen LogP contribution in [-0.2, 0) is 28.6 Å². The first-order valence-electron chi connectivity index (χ1n) is 11.1. The Morgan fingerprint density at radius 3 is 2.45 bits per heavy atom. The number of aromatic nitrogens is 2. The smallest absolute Gasteiger partial charge is 0.351 e. The lowest BCUT2D eigenvalue weighted by Crippen LogP contribution is -2.37. The molecule has 3 rings (SSSR count). The summed E-state index contributed by atoms with van der Waals surface area (Å²) in [7, 11) is 1.48. The van der Waals surface area contributed by atoms with Gasteiger partial charge >= 0.3 is 23.6 Å². The van der Waals surface area contributed by atoms with E-state index in [9.17, 15) is 24.0 Å². The van der Waals surface area contributed by atoms with Crippen LogP contribution in [0.3, 0.4) is 0 Å². The van der Waals surface area contributed by atoms with E-state index in [4.69, 9.17) is 24.1 Å². The number of esters is 2. The minimum atomic E-state index is -1.29. The summed E-state index contributed by atoms with van der Waals surface area (Å²) >= 11 is 3.38. The fourth-order valence-corrected chi connectivity index (χ4v) is 4.19. The number of anilines is 1. The molecule has 1 aliphatic heterocycles. The van der Waals surface area contributed by atoms with Crippen molar-refractivity contribution >= 4 is 51.6 Å². The van der Waals surface area contributed by atoms with Crippen LogP contribution < -0.4 is 15.7 Å². The fraction of sp³-hybridized carbons (Fsp3) is 0.333. The SMILES string of the molecule is COc1ccc(C(=O)Nc2nc(=O)n([C@@H]3O[C@H](COC(C)=O)[C@H](Br)[C@H]3OC(C)=O)cc2/C=C/C(=O)O)cc1. The Bertz CT molecular complexity index is 1310. The van der Waals surface area contributed by atoms with Crippen LogP contribution in [-0.4, -0.2) is 69.2 Å². The van der Waals surface area contributed by atoms with Gasteiger partial charge in [0.15, 0.2) is 12.3 Å². The van der Waals surface area contributed by atoms with Crippen LogP contribution in [0.2, 0.25) is 0 Å². The van der Waals surface area contributed by atoms with Gasteiger partial charge in [0.05, 0.1) is 11.9 Å². The second-order valence-corrected chi connectivity index (χ2v) is 9.03. The summed E-state index contributed by atoms with van der Waals surface area (Å²) in [6.45, 7) is 2.20. The second kappa shape index (κ2) is 12.5. The first-order valence-corrected chi connectivity index (χ1v) is 12.0. The van der Waals surface area contributed by atoms with Gasteiger partial charge in [0.2, 0.25) is 0 Å². The Morgan fingerprint density at radius 2 is 1.87 bits per heavy atom. The molecule has 4 atom stereocenters. The Hall–Kier alpha value is -4.04. The number of carbonyl (C=O) groups is 4. The van der Waals surface area contributed by atoms with Gasteiger partial charge in [-0.05, 0) is 30.3 Å². The summed E-state index contributed by atoms with van der Waals surface area (Å²) < 4.78 is 22.3. The zero-order chi connectivity index (χ0) is 28.0. The predicted octanol–water partition coefficient (Wildman–Crippen LogP) is 1.76. The number of ether oxygens (including phenoxy) is 4. The summed E-state index contributed by atoms with van der Waals surface area (Å²) in [5, 5.41) is 11.6. The highest BCUT2D eigenvalue weighted by Gasteiger charge is 2.47. The van der Waals surface area contributed by atoms with Gasteiger partial charge in [-0.25, -0.2) is 9.59 Å². The number of alkyl halides is 1. The topological polar surface area (TPSA) is 172 Å². The van der Waals surface area contributed by atoms with Gasteiger partial charge in [-0.2, -0.15) is 4.98 Å². The molecule has 0 spiro atoms. The maximum atomic E-state index is 13.1. The van der Waals surface area contributed by atoms with Crippen molar-refractivity contribution in [2.75, 3.05) is 19.0 Å². The normalized spacial score (nSPS) is 20.6. The fourth-order valence-electron chi connectivity index (χ4n) is 3.54. The van der Waals surface area contributed by atoms with E-state index in [-0.39, 0.29) is 23.6 Å². The van der Waals surface area contributed by atoms with Crippen molar-refractivity contribution in [3.8, 4) is 5.75 Å². The number of methoxy groups -OCH3 is 1. The minimum absolute atomic E-state index is 0.0496. The Labute approximate surface area is 224 Å². The summed E-state index contributed by atoms with van der Waals surface area (Å²) in [4.78, 5) is 63.3. The molecule has 202 valence electrons. The largest absolute Gasteiger partial charge is 0.497 e. The van der Waals surface area contributed by atoms with Crippen molar-refractivity contribution in [3.05, 3.63) is 58.1 Å². The molecule has 14 heteroatoms. The lowest BCUT2D eigenvalue weighted by atomic mass is 10.2. The van der Waals surface area contributed by atoms with E-state index in [0.717, 1.165) is 16.7 Å². The number of carboxylic acid groups (broad SMARTS) is 1. The molecule has 1 saturated heterocycles. The lowest BCUT2D eigenvalue weighted by Gasteiger charge is -2.22. The van der Waals surface area contributed by atoms with Gasteiger partial charge in [-0.15, -0.1) is 0 Å². The Morgan fingerprint density at radius 1 is 1.18 bits per heavy atom. The highest BCUT2D eigenvalue weighted by atomic mass is 79.9. The number of halogens is 1. The number of carboxylic acids is 1. The molecule has 1 aromatic carbocycles. The molecular formula is C24H24BrN3O10. The average molecular weight is 594 g/mol. The van der Waals surface area contributed by atoms with Crippen molar-refractivity contribution in [2.45, 2.75) is 37.1 Å². The monoisotopic (exact) mass is 593 g/mol. The molecule has 38 heavy (non-hydrogen) atoms. The van der Waals surface area contributed by atoms with Crippen LogP contribution in [0.5, 0.6) is 5.75 Å². The molecule has 1 amide bonds. The molecule has 13 nitrogen and oxygen atoms in total. The maximum Gasteiger partial charge on any atom is 0.351 e. The van der Waals surface area contributed by atoms with Gasteiger partial charge in [-0.3, -0.25) is 19.0 Å². The van der Waals surface area contributed by atoms with E-state index >= 15 is 0 Å². The van der Waals surface area contributed by atoms with E-state index in [1.165, 1.54) is 39.3 Å². The van der Waals surface area contributed by atoms with Crippen LogP contribution in [0.1, 0.15) is 36.0 Å². The number of nitrogens with one attached hydrogen (secondary N) is 1. The molecule has 1 aromatic heterocycles. The number of hydrogen-bond acceptors (Lipinski definition) is 10. The highest BCUT2D eigenvalue weighted by molar-refractivity contribution is 9.09. The lowest BCUT2D eigenvalue weighted by molar-refractivity contribution is -0.153. The van der Waals surface area contributed by atoms with Crippen molar-refractivity contribution in [1.82, 2.24) is 9.55 Å². The third kappa shape index (κ3) is 7.04. The summed E-state index contributed by atoms with van der Waals surface area (Å²) in [6, 6.07) is 6.14. The van der Waals surface area contributed by atoms with Gasteiger partial charge in [0, 0.05) is 37.2 Å². The molecule has 0 saturated carbocycles. The molecule has 1 fully saturated rings. The molecule has 0 bridgehead atoms. The number of aliphatic carboxylic acids is 1. The minimum Gasteiger partial charge on any atom is -0.497 e. The van der Waals surface area contributed by atoms with Crippen LogP contribution >= 0.6 is 15.9 Å². The summed E-state index contributed by atoms with van der Waals surface area (Å²) in [6.07, 6.45) is 0.0913. The van der Waals surface area contributed by atoms with Crippen LogP contribution in [0.25, 0.3) is 6.08 Å². The zero-order valence-corrected chi connectivity index (χ0v) is 22.0. The van der Waals surface area contributed by atoms with Crippen LogP contribution in [0.4, 0.5) is 5.82 Å². The zero-order valence-electron chi connectivity index (χ0n) is 20.5. The van der Waals surface area contributed by atoms with Gasteiger partial charge in [0.1, 0.15) is 24.3 Å². The van der Waals surface area contributed by atoms with Gasteiger partial charge in [0.25, 0.3) is 5.91 Å².